The fourth-order valence-corrected chi connectivity index (χ4v) is 2.73. The molecule has 27 heavy (non-hydrogen) atoms. The molecule has 1 amide bonds. The normalized spacial score (nSPS) is 10.3. The maximum atomic E-state index is 12.6. The number of anilines is 3. The number of aromatic nitrogens is 2. The van der Waals surface area contributed by atoms with Crippen LogP contribution in [0.1, 0.15) is 28.5 Å². The third-order valence-electron chi connectivity index (χ3n) is 4.07. The first kappa shape index (κ1) is 18.4. The second-order valence-corrected chi connectivity index (χ2v) is 6.06. The van der Waals surface area contributed by atoms with Crippen molar-refractivity contribution in [1.82, 2.24) is 9.97 Å². The molecule has 2 aromatic carbocycles. The zero-order valence-electron chi connectivity index (χ0n) is 15.6. The second-order valence-electron chi connectivity index (χ2n) is 6.06. The molecule has 0 saturated carbocycles. The highest BCUT2D eigenvalue weighted by atomic mass is 16.5. The highest BCUT2D eigenvalue weighted by Crippen LogP contribution is 2.27. The number of rotatable bonds is 6. The number of hydrogen-bond donors (Lipinski definition) is 2. The van der Waals surface area contributed by atoms with Gasteiger partial charge in [-0.25, -0.2) is 9.97 Å². The van der Waals surface area contributed by atoms with E-state index in [1.807, 2.05) is 63.2 Å². The summed E-state index contributed by atoms with van der Waals surface area (Å²) in [6.07, 6.45) is 1.37. The third kappa shape index (κ3) is 4.41. The Balaban J connectivity index is 1.81. The SMILES string of the molecule is CCOc1ccccc1Nc1cc(C(=O)Nc2c(C)cccc2C)ncn1. The summed E-state index contributed by atoms with van der Waals surface area (Å²) in [5.74, 6) is 0.958. The molecule has 3 rings (SSSR count). The van der Waals surface area contributed by atoms with Crippen LogP contribution >= 0.6 is 0 Å². The Kier molecular flexibility index (Phi) is 5.66. The van der Waals surface area contributed by atoms with Crippen LogP contribution < -0.4 is 15.4 Å². The summed E-state index contributed by atoms with van der Waals surface area (Å²) in [4.78, 5) is 20.9. The number of carbonyl (C=O) groups is 1. The van der Waals surface area contributed by atoms with E-state index < -0.39 is 0 Å². The van der Waals surface area contributed by atoms with Crippen LogP contribution in [0.3, 0.4) is 0 Å². The van der Waals surface area contributed by atoms with Crippen LogP contribution in [0, 0.1) is 13.8 Å². The number of para-hydroxylation sites is 3. The molecule has 1 heterocycles. The van der Waals surface area contributed by atoms with Gasteiger partial charge in [-0.15, -0.1) is 0 Å². The lowest BCUT2D eigenvalue weighted by atomic mass is 10.1. The fourth-order valence-electron chi connectivity index (χ4n) is 2.73. The summed E-state index contributed by atoms with van der Waals surface area (Å²) >= 11 is 0. The van der Waals surface area contributed by atoms with Gasteiger partial charge in [0.15, 0.2) is 0 Å². The predicted molar refractivity (Wildman–Crippen MR) is 107 cm³/mol. The standard InChI is InChI=1S/C21H22N4O2/c1-4-27-18-11-6-5-10-16(18)24-19-12-17(22-13-23-19)21(26)25-20-14(2)8-7-9-15(20)3/h5-13H,4H2,1-3H3,(H,25,26)(H,22,23,24). The highest BCUT2D eigenvalue weighted by Gasteiger charge is 2.13. The van der Waals surface area contributed by atoms with Crippen molar-refractivity contribution in [2.45, 2.75) is 20.8 Å². The van der Waals surface area contributed by atoms with Gasteiger partial charge in [-0.05, 0) is 44.0 Å². The zero-order valence-corrected chi connectivity index (χ0v) is 15.6. The minimum absolute atomic E-state index is 0.282. The summed E-state index contributed by atoms with van der Waals surface area (Å²) in [6.45, 7) is 6.41. The van der Waals surface area contributed by atoms with Crippen molar-refractivity contribution in [3.8, 4) is 5.75 Å². The van der Waals surface area contributed by atoms with E-state index in [0.29, 0.717) is 12.4 Å². The van der Waals surface area contributed by atoms with Gasteiger partial charge in [0, 0.05) is 11.8 Å². The average Bonchev–Trinajstić information content (AvgIpc) is 2.67. The van der Waals surface area contributed by atoms with Gasteiger partial charge in [0.1, 0.15) is 23.6 Å². The molecule has 0 unspecified atom stereocenters. The second kappa shape index (κ2) is 8.31. The number of nitrogens with zero attached hydrogens (tertiary/aromatic N) is 2. The Morgan fingerprint density at radius 3 is 2.52 bits per heavy atom. The number of nitrogens with one attached hydrogen (secondary N) is 2. The topological polar surface area (TPSA) is 76.1 Å². The first-order valence-corrected chi connectivity index (χ1v) is 8.77. The quantitative estimate of drug-likeness (QED) is 0.676. The Morgan fingerprint density at radius 1 is 1.04 bits per heavy atom. The lowest BCUT2D eigenvalue weighted by molar-refractivity contribution is 0.102. The third-order valence-corrected chi connectivity index (χ3v) is 4.07. The zero-order chi connectivity index (χ0) is 19.2. The van der Waals surface area contributed by atoms with Crippen molar-refractivity contribution in [3.63, 3.8) is 0 Å². The van der Waals surface area contributed by atoms with Gasteiger partial charge in [-0.3, -0.25) is 4.79 Å². The van der Waals surface area contributed by atoms with Crippen molar-refractivity contribution >= 4 is 23.1 Å². The molecule has 0 saturated heterocycles. The van der Waals surface area contributed by atoms with Crippen LogP contribution in [0.4, 0.5) is 17.2 Å². The van der Waals surface area contributed by atoms with Gasteiger partial charge in [-0.1, -0.05) is 30.3 Å². The van der Waals surface area contributed by atoms with Gasteiger partial charge >= 0.3 is 0 Å². The largest absolute Gasteiger partial charge is 0.492 e. The molecular weight excluding hydrogens is 340 g/mol. The smallest absolute Gasteiger partial charge is 0.274 e. The van der Waals surface area contributed by atoms with E-state index >= 15 is 0 Å². The van der Waals surface area contributed by atoms with Crippen LogP contribution in [-0.4, -0.2) is 22.5 Å². The fraction of sp³-hybridized carbons (Fsp3) is 0.190. The summed E-state index contributed by atoms with van der Waals surface area (Å²) in [7, 11) is 0. The maximum Gasteiger partial charge on any atom is 0.274 e. The molecular formula is C21H22N4O2. The van der Waals surface area contributed by atoms with Gasteiger partial charge in [0.05, 0.1) is 12.3 Å². The number of hydrogen-bond acceptors (Lipinski definition) is 5. The minimum atomic E-state index is -0.282. The van der Waals surface area contributed by atoms with Crippen LogP contribution in [-0.2, 0) is 0 Å². The first-order valence-electron chi connectivity index (χ1n) is 8.77. The molecule has 0 radical (unpaired) electrons. The van der Waals surface area contributed by atoms with Crippen molar-refractivity contribution in [3.05, 3.63) is 71.7 Å². The monoisotopic (exact) mass is 362 g/mol. The Labute approximate surface area is 158 Å². The Morgan fingerprint density at radius 2 is 1.78 bits per heavy atom. The van der Waals surface area contributed by atoms with Crippen LogP contribution in [0.15, 0.2) is 54.9 Å². The molecule has 3 aromatic rings. The van der Waals surface area contributed by atoms with E-state index in [2.05, 4.69) is 20.6 Å². The van der Waals surface area contributed by atoms with Crippen molar-refractivity contribution in [2.75, 3.05) is 17.2 Å². The molecule has 6 heteroatoms. The summed E-state index contributed by atoms with van der Waals surface area (Å²) in [5, 5.41) is 6.12. The lowest BCUT2D eigenvalue weighted by Crippen LogP contribution is -2.16. The molecule has 6 nitrogen and oxygen atoms in total. The van der Waals surface area contributed by atoms with Crippen molar-refractivity contribution < 1.29 is 9.53 Å². The summed E-state index contributed by atoms with van der Waals surface area (Å²) in [6, 6.07) is 15.1. The van der Waals surface area contributed by atoms with Crippen LogP contribution in [0.2, 0.25) is 0 Å². The predicted octanol–water partition coefficient (Wildman–Crippen LogP) is 4.49. The van der Waals surface area contributed by atoms with E-state index in [1.54, 1.807) is 6.07 Å². The van der Waals surface area contributed by atoms with E-state index in [-0.39, 0.29) is 11.6 Å². The van der Waals surface area contributed by atoms with Gasteiger partial charge < -0.3 is 15.4 Å². The summed E-state index contributed by atoms with van der Waals surface area (Å²) < 4.78 is 5.61. The molecule has 0 atom stereocenters. The highest BCUT2D eigenvalue weighted by molar-refractivity contribution is 6.04. The van der Waals surface area contributed by atoms with E-state index in [9.17, 15) is 4.79 Å². The lowest BCUT2D eigenvalue weighted by Gasteiger charge is -2.13. The number of amides is 1. The van der Waals surface area contributed by atoms with E-state index in [4.69, 9.17) is 4.74 Å². The van der Waals surface area contributed by atoms with Gasteiger partial charge in [-0.2, -0.15) is 0 Å². The Bertz CT molecular complexity index is 936. The van der Waals surface area contributed by atoms with E-state index in [1.165, 1.54) is 6.33 Å². The molecule has 0 aliphatic rings. The van der Waals surface area contributed by atoms with Crippen molar-refractivity contribution in [1.29, 1.82) is 0 Å². The van der Waals surface area contributed by atoms with Crippen LogP contribution in [0.5, 0.6) is 5.75 Å². The number of benzene rings is 2. The number of aryl methyl sites for hydroxylation is 2. The van der Waals surface area contributed by atoms with Gasteiger partial charge in [0.25, 0.3) is 5.91 Å². The number of ether oxygens (including phenoxy) is 1. The van der Waals surface area contributed by atoms with Crippen molar-refractivity contribution in [2.24, 2.45) is 0 Å². The van der Waals surface area contributed by atoms with Gasteiger partial charge in [0.2, 0.25) is 0 Å². The van der Waals surface area contributed by atoms with Crippen LogP contribution in [0.25, 0.3) is 0 Å². The average molecular weight is 362 g/mol. The molecule has 0 fully saturated rings. The van der Waals surface area contributed by atoms with E-state index in [0.717, 1.165) is 28.3 Å². The first-order chi connectivity index (χ1) is 13.1. The number of carbonyl (C=O) groups excluding carboxylic acids is 1. The Hall–Kier alpha value is -3.41. The molecule has 138 valence electrons. The minimum Gasteiger partial charge on any atom is -0.492 e. The molecule has 0 bridgehead atoms. The molecule has 2 N–H and O–H groups in total. The molecule has 0 aliphatic heterocycles. The molecule has 0 spiro atoms. The molecule has 0 aliphatic carbocycles. The maximum absolute atomic E-state index is 12.6. The molecule has 1 aromatic heterocycles. The summed E-state index contributed by atoms with van der Waals surface area (Å²) in [5.41, 5.74) is 3.86.